The lowest BCUT2D eigenvalue weighted by Crippen LogP contribution is -2.54. The highest BCUT2D eigenvalue weighted by Crippen LogP contribution is 2.25. The van der Waals surface area contributed by atoms with Crippen molar-refractivity contribution in [2.24, 2.45) is 0 Å². The number of carbonyl (C=O) groups excluding carboxylic acids is 3. The van der Waals surface area contributed by atoms with Gasteiger partial charge in [0.15, 0.2) is 0 Å². The average Bonchev–Trinajstić information content (AvgIpc) is 3.03. The van der Waals surface area contributed by atoms with Crippen LogP contribution >= 0.6 is 0 Å². The van der Waals surface area contributed by atoms with E-state index in [0.717, 1.165) is 28.2 Å². The Hall–Kier alpha value is -3.75. The summed E-state index contributed by atoms with van der Waals surface area (Å²) >= 11 is 0. The molecule has 0 bridgehead atoms. The van der Waals surface area contributed by atoms with E-state index in [9.17, 15) is 24.5 Å². The van der Waals surface area contributed by atoms with Crippen molar-refractivity contribution in [3.63, 3.8) is 0 Å². The normalized spacial score (nSPS) is 16.2. The van der Waals surface area contributed by atoms with E-state index in [0.29, 0.717) is 5.69 Å². The van der Waals surface area contributed by atoms with Gasteiger partial charge in [-0.3, -0.25) is 25.0 Å². The van der Waals surface area contributed by atoms with Crippen LogP contribution in [0.15, 0.2) is 40.3 Å². The number of furan rings is 1. The van der Waals surface area contributed by atoms with Gasteiger partial charge >= 0.3 is 11.9 Å². The Morgan fingerprint density at radius 1 is 1.12 bits per heavy atom. The Labute approximate surface area is 147 Å². The van der Waals surface area contributed by atoms with Crippen LogP contribution in [0.3, 0.4) is 0 Å². The molecule has 1 fully saturated rings. The number of urea groups is 1. The molecule has 0 spiro atoms. The minimum absolute atomic E-state index is 0.0513. The molecule has 2 aromatic rings. The fourth-order valence-corrected chi connectivity index (χ4v) is 2.42. The summed E-state index contributed by atoms with van der Waals surface area (Å²) in [6, 6.07) is 6.47. The Kier molecular flexibility index (Phi) is 4.13. The lowest BCUT2D eigenvalue weighted by atomic mass is 10.1. The fourth-order valence-electron chi connectivity index (χ4n) is 2.42. The lowest BCUT2D eigenvalue weighted by Gasteiger charge is -2.26. The molecule has 1 aliphatic rings. The molecule has 9 heteroatoms. The summed E-state index contributed by atoms with van der Waals surface area (Å²) in [5, 5.41) is 12.7. The molecule has 1 aromatic carbocycles. The first-order valence-corrected chi connectivity index (χ1v) is 7.51. The second-order valence-corrected chi connectivity index (χ2v) is 5.66. The standard InChI is InChI=1S/C17H13N3O6/c1-9-3-4-11(7-10(9)2)19-16(22)13(15(21)18-17(19)23)8-12-5-6-14(26-12)20(24)25/h3-8H,1-2H3,(H,18,21,23). The first kappa shape index (κ1) is 17.1. The van der Waals surface area contributed by atoms with Crippen molar-refractivity contribution in [2.45, 2.75) is 13.8 Å². The second-order valence-electron chi connectivity index (χ2n) is 5.66. The molecule has 132 valence electrons. The third-order valence-electron chi connectivity index (χ3n) is 3.93. The number of amides is 4. The number of imide groups is 2. The molecule has 0 radical (unpaired) electrons. The SMILES string of the molecule is Cc1ccc(N2C(=O)NC(=O)C(=Cc3ccc([N+](=O)[O-])o3)C2=O)cc1C. The molecule has 1 aromatic heterocycles. The summed E-state index contributed by atoms with van der Waals surface area (Å²) in [5.74, 6) is -2.33. The summed E-state index contributed by atoms with van der Waals surface area (Å²) in [7, 11) is 0. The molecule has 1 aliphatic heterocycles. The third-order valence-corrected chi connectivity index (χ3v) is 3.93. The third kappa shape index (κ3) is 2.97. The van der Waals surface area contributed by atoms with Crippen molar-refractivity contribution in [1.82, 2.24) is 5.32 Å². The molecule has 0 aliphatic carbocycles. The first-order valence-electron chi connectivity index (χ1n) is 7.51. The van der Waals surface area contributed by atoms with Crippen LogP contribution in [0.25, 0.3) is 6.08 Å². The molecule has 4 amide bonds. The van der Waals surface area contributed by atoms with Crippen molar-refractivity contribution in [2.75, 3.05) is 4.90 Å². The van der Waals surface area contributed by atoms with Gasteiger partial charge in [-0.1, -0.05) is 6.07 Å². The van der Waals surface area contributed by atoms with E-state index >= 15 is 0 Å². The summed E-state index contributed by atoms with van der Waals surface area (Å²) in [5.41, 5.74) is 1.78. The predicted octanol–water partition coefficient (Wildman–Crippen LogP) is 2.47. The molecule has 26 heavy (non-hydrogen) atoms. The Bertz CT molecular complexity index is 988. The van der Waals surface area contributed by atoms with Crippen LogP contribution in [-0.4, -0.2) is 22.8 Å². The maximum atomic E-state index is 12.7. The van der Waals surface area contributed by atoms with E-state index in [1.54, 1.807) is 18.2 Å². The minimum Gasteiger partial charge on any atom is -0.401 e. The molecule has 9 nitrogen and oxygen atoms in total. The van der Waals surface area contributed by atoms with E-state index in [1.165, 1.54) is 6.07 Å². The molecule has 3 rings (SSSR count). The van der Waals surface area contributed by atoms with Crippen molar-refractivity contribution in [3.8, 4) is 0 Å². The fraction of sp³-hybridized carbons (Fsp3) is 0.118. The maximum Gasteiger partial charge on any atom is 0.433 e. The number of nitrogens with zero attached hydrogens (tertiary/aromatic N) is 2. The van der Waals surface area contributed by atoms with E-state index in [2.05, 4.69) is 5.32 Å². The summed E-state index contributed by atoms with van der Waals surface area (Å²) in [6.45, 7) is 3.71. The molecule has 1 N–H and O–H groups in total. The van der Waals surface area contributed by atoms with Gasteiger partial charge in [-0.05, 0) is 49.2 Å². The summed E-state index contributed by atoms with van der Waals surface area (Å²) < 4.78 is 4.94. The van der Waals surface area contributed by atoms with Crippen LogP contribution in [0, 0.1) is 24.0 Å². The highest BCUT2D eigenvalue weighted by molar-refractivity contribution is 6.39. The molecule has 0 atom stereocenters. The van der Waals surface area contributed by atoms with Crippen LogP contribution in [0.4, 0.5) is 16.4 Å². The first-order chi connectivity index (χ1) is 12.3. The van der Waals surface area contributed by atoms with Gasteiger partial charge in [0.25, 0.3) is 11.8 Å². The van der Waals surface area contributed by atoms with E-state index in [-0.39, 0.29) is 11.3 Å². The van der Waals surface area contributed by atoms with Crippen LogP contribution in [0.5, 0.6) is 0 Å². The van der Waals surface area contributed by atoms with E-state index in [4.69, 9.17) is 4.42 Å². The quantitative estimate of drug-likeness (QED) is 0.390. The monoisotopic (exact) mass is 355 g/mol. The topological polar surface area (TPSA) is 123 Å². The smallest absolute Gasteiger partial charge is 0.401 e. The Morgan fingerprint density at radius 2 is 1.85 bits per heavy atom. The Balaban J connectivity index is 2.00. The van der Waals surface area contributed by atoms with Gasteiger partial charge in [-0.25, -0.2) is 9.69 Å². The van der Waals surface area contributed by atoms with Crippen molar-refractivity contribution < 1.29 is 23.7 Å². The Morgan fingerprint density at radius 3 is 2.46 bits per heavy atom. The van der Waals surface area contributed by atoms with Crippen molar-refractivity contribution in [3.05, 3.63) is 62.9 Å². The van der Waals surface area contributed by atoms with Crippen LogP contribution in [0.1, 0.15) is 16.9 Å². The van der Waals surface area contributed by atoms with Gasteiger partial charge < -0.3 is 4.42 Å². The summed E-state index contributed by atoms with van der Waals surface area (Å²) in [6.07, 6.45) is 1.06. The van der Waals surface area contributed by atoms with Gasteiger partial charge in [-0.2, -0.15) is 0 Å². The van der Waals surface area contributed by atoms with Gasteiger partial charge in [-0.15, -0.1) is 0 Å². The number of anilines is 1. The zero-order valence-corrected chi connectivity index (χ0v) is 13.8. The zero-order valence-electron chi connectivity index (χ0n) is 13.8. The number of hydrogen-bond donors (Lipinski definition) is 1. The number of hydrogen-bond acceptors (Lipinski definition) is 6. The average molecular weight is 355 g/mol. The zero-order chi connectivity index (χ0) is 19.0. The largest absolute Gasteiger partial charge is 0.433 e. The second kappa shape index (κ2) is 6.28. The summed E-state index contributed by atoms with van der Waals surface area (Å²) in [4.78, 5) is 47.6. The van der Waals surface area contributed by atoms with Gasteiger partial charge in [0.05, 0.1) is 11.8 Å². The number of rotatable bonds is 3. The molecular weight excluding hydrogens is 342 g/mol. The molecular formula is C17H13N3O6. The number of nitro groups is 1. The van der Waals surface area contributed by atoms with E-state index < -0.39 is 28.7 Å². The molecule has 0 saturated carbocycles. The number of benzene rings is 1. The molecule has 1 saturated heterocycles. The number of aryl methyl sites for hydroxylation is 2. The van der Waals surface area contributed by atoms with Crippen molar-refractivity contribution in [1.29, 1.82) is 0 Å². The van der Waals surface area contributed by atoms with Crippen LogP contribution < -0.4 is 10.2 Å². The number of carbonyl (C=O) groups is 3. The molecule has 2 heterocycles. The van der Waals surface area contributed by atoms with Crippen molar-refractivity contribution >= 4 is 35.5 Å². The number of nitrogens with one attached hydrogen (secondary N) is 1. The highest BCUT2D eigenvalue weighted by atomic mass is 16.6. The highest BCUT2D eigenvalue weighted by Gasteiger charge is 2.37. The van der Waals surface area contributed by atoms with Gasteiger partial charge in [0.1, 0.15) is 16.3 Å². The van der Waals surface area contributed by atoms with E-state index in [1.807, 2.05) is 13.8 Å². The maximum absolute atomic E-state index is 12.7. The predicted molar refractivity (Wildman–Crippen MR) is 90.3 cm³/mol. The lowest BCUT2D eigenvalue weighted by molar-refractivity contribution is -0.402. The minimum atomic E-state index is -0.904. The number of barbiturate groups is 1. The van der Waals surface area contributed by atoms with Gasteiger partial charge in [0.2, 0.25) is 0 Å². The van der Waals surface area contributed by atoms with Crippen LogP contribution in [-0.2, 0) is 9.59 Å². The van der Waals surface area contributed by atoms with Gasteiger partial charge in [0, 0.05) is 0 Å². The van der Waals surface area contributed by atoms with Crippen LogP contribution in [0.2, 0.25) is 0 Å². The molecule has 0 unspecified atom stereocenters.